The van der Waals surface area contributed by atoms with Crippen LogP contribution in [0.3, 0.4) is 0 Å². The van der Waals surface area contributed by atoms with E-state index < -0.39 is 28.5 Å². The molecule has 0 N–H and O–H groups in total. The number of hydrogen-bond donors (Lipinski definition) is 0. The number of carbonyl (C=O) groups excluding carboxylic acids is 1. The summed E-state index contributed by atoms with van der Waals surface area (Å²) in [5.74, 6) is -5.72. The van der Waals surface area contributed by atoms with Gasteiger partial charge in [0.1, 0.15) is 11.4 Å². The first kappa shape index (κ1) is 33.3. The Kier molecular flexibility index (Phi) is 10.6. The minimum atomic E-state index is -3.33. The fourth-order valence-corrected chi connectivity index (χ4v) is 4.87. The number of benzene rings is 2. The maximum atomic E-state index is 14.1. The first-order valence-electron chi connectivity index (χ1n) is 14.2. The number of nitrogens with zero attached hydrogens (tertiary/aromatic N) is 2. The van der Waals surface area contributed by atoms with Crippen molar-refractivity contribution in [3.05, 3.63) is 76.0 Å². The number of alkyl halides is 4. The fourth-order valence-electron chi connectivity index (χ4n) is 4.87. The molecule has 9 heteroatoms. The molecular weight excluding hydrogens is 548 g/mol. The molecule has 1 saturated heterocycles. The van der Waals surface area contributed by atoms with E-state index in [9.17, 15) is 22.4 Å². The van der Waals surface area contributed by atoms with Crippen molar-refractivity contribution in [1.29, 1.82) is 0 Å². The predicted molar refractivity (Wildman–Crippen MR) is 158 cm³/mol. The van der Waals surface area contributed by atoms with Gasteiger partial charge in [-0.05, 0) is 80.0 Å². The Hall–Kier alpha value is -3.20. The van der Waals surface area contributed by atoms with E-state index in [1.54, 1.807) is 18.1 Å². The van der Waals surface area contributed by atoms with Crippen molar-refractivity contribution in [2.75, 3.05) is 26.9 Å². The Bertz CT molecular complexity index is 1280. The van der Waals surface area contributed by atoms with E-state index in [1.807, 2.05) is 26.0 Å². The van der Waals surface area contributed by atoms with E-state index in [0.29, 0.717) is 52.4 Å². The van der Waals surface area contributed by atoms with Crippen LogP contribution < -0.4 is 4.74 Å². The smallest absolute Gasteiger partial charge is 0.272 e. The van der Waals surface area contributed by atoms with Crippen LogP contribution in [0, 0.1) is 5.92 Å². The van der Waals surface area contributed by atoms with Gasteiger partial charge in [-0.15, -0.1) is 0 Å². The maximum absolute atomic E-state index is 14.1. The molecule has 0 unspecified atom stereocenters. The highest BCUT2D eigenvalue weighted by molar-refractivity contribution is 5.96. The van der Waals surface area contributed by atoms with Gasteiger partial charge < -0.3 is 14.4 Å². The fraction of sp³-hybridized carbons (Fsp3) is 0.515. The highest BCUT2D eigenvalue weighted by Gasteiger charge is 2.35. The van der Waals surface area contributed by atoms with E-state index in [0.717, 1.165) is 41.5 Å². The van der Waals surface area contributed by atoms with Crippen molar-refractivity contribution in [2.45, 2.75) is 78.2 Å². The number of aryl methyl sites for hydroxylation is 1. The summed E-state index contributed by atoms with van der Waals surface area (Å²) in [5.41, 5.74) is 0.603. The Labute approximate surface area is 246 Å². The molecule has 0 aliphatic carbocycles. The second-order valence-electron chi connectivity index (χ2n) is 12.1. The van der Waals surface area contributed by atoms with Gasteiger partial charge in [-0.3, -0.25) is 9.79 Å². The maximum Gasteiger partial charge on any atom is 0.272 e. The van der Waals surface area contributed by atoms with Gasteiger partial charge in [0.05, 0.1) is 25.9 Å². The van der Waals surface area contributed by atoms with Gasteiger partial charge in [0.25, 0.3) is 17.8 Å². The first-order valence-corrected chi connectivity index (χ1v) is 14.2. The third-order valence-corrected chi connectivity index (χ3v) is 7.18. The van der Waals surface area contributed by atoms with Crippen LogP contribution in [0.1, 0.15) is 75.8 Å². The van der Waals surface area contributed by atoms with E-state index in [-0.39, 0.29) is 17.2 Å². The zero-order valence-electron chi connectivity index (χ0n) is 25.6. The van der Waals surface area contributed by atoms with E-state index in [2.05, 4.69) is 24.9 Å². The molecule has 0 spiro atoms. The second-order valence-corrected chi connectivity index (χ2v) is 12.1. The molecule has 2 aromatic rings. The number of aliphatic imine (C=N–C) groups is 1. The third-order valence-electron chi connectivity index (χ3n) is 7.18. The van der Waals surface area contributed by atoms with Gasteiger partial charge in [0, 0.05) is 37.7 Å². The lowest BCUT2D eigenvalue weighted by atomic mass is 9.99. The predicted octanol–water partition coefficient (Wildman–Crippen LogP) is 7.69. The van der Waals surface area contributed by atoms with Gasteiger partial charge in [-0.25, -0.2) is 17.6 Å². The molecule has 2 aromatic carbocycles. The summed E-state index contributed by atoms with van der Waals surface area (Å²) in [6, 6.07) is 9.11. The van der Waals surface area contributed by atoms with Crippen LogP contribution in [0.5, 0.6) is 5.75 Å². The molecule has 1 heterocycles. The first-order chi connectivity index (χ1) is 19.5. The van der Waals surface area contributed by atoms with Crippen LogP contribution in [0.25, 0.3) is 0 Å². The van der Waals surface area contributed by atoms with Crippen LogP contribution in [-0.2, 0) is 34.2 Å². The molecule has 1 aliphatic rings. The molecule has 42 heavy (non-hydrogen) atoms. The van der Waals surface area contributed by atoms with Crippen LogP contribution in [-0.4, -0.2) is 49.4 Å². The summed E-state index contributed by atoms with van der Waals surface area (Å²) in [7, 11) is 1.64. The summed E-state index contributed by atoms with van der Waals surface area (Å²) in [6.07, 6.45) is 4.85. The lowest BCUT2D eigenvalue weighted by molar-refractivity contribution is -0.142. The highest BCUT2D eigenvalue weighted by atomic mass is 19.3. The van der Waals surface area contributed by atoms with Gasteiger partial charge in [0.2, 0.25) is 0 Å². The average Bonchev–Trinajstić information content (AvgIpc) is 2.89. The summed E-state index contributed by atoms with van der Waals surface area (Å²) < 4.78 is 67.7. The van der Waals surface area contributed by atoms with Crippen LogP contribution >= 0.6 is 0 Å². The Morgan fingerprint density at radius 2 is 1.74 bits per heavy atom. The third kappa shape index (κ3) is 8.90. The van der Waals surface area contributed by atoms with E-state index >= 15 is 0 Å². The van der Waals surface area contributed by atoms with Crippen molar-refractivity contribution in [3.8, 4) is 5.75 Å². The monoisotopic (exact) mass is 590 g/mol. The molecule has 0 bridgehead atoms. The van der Waals surface area contributed by atoms with Gasteiger partial charge in [0.15, 0.2) is 0 Å². The molecule has 1 fully saturated rings. The topological polar surface area (TPSA) is 51.1 Å². The molecule has 1 aliphatic heterocycles. The molecule has 3 rings (SSSR count). The number of morpholine rings is 1. The van der Waals surface area contributed by atoms with Crippen LogP contribution in [0.4, 0.5) is 17.6 Å². The zero-order chi connectivity index (χ0) is 31.3. The normalized spacial score (nSPS) is 16.4. The zero-order valence-corrected chi connectivity index (χ0v) is 25.6. The molecule has 230 valence electrons. The Balaban J connectivity index is 1.96. The Morgan fingerprint density at radius 3 is 2.29 bits per heavy atom. The quantitative estimate of drug-likeness (QED) is 0.153. The number of allylic oxidation sites excluding steroid dienone is 1. The molecule has 0 saturated carbocycles. The summed E-state index contributed by atoms with van der Waals surface area (Å²) in [4.78, 5) is 19.8. The number of hydrogen-bond acceptors (Lipinski definition) is 4. The number of carbonyl (C=O) groups is 1. The number of rotatable bonds is 11. The van der Waals surface area contributed by atoms with Crippen LogP contribution in [0.2, 0.25) is 0 Å². The molecule has 0 radical (unpaired) electrons. The minimum Gasteiger partial charge on any atom is -0.496 e. The number of ether oxygens (including phenoxy) is 2. The summed E-state index contributed by atoms with van der Waals surface area (Å²) in [5, 5.41) is 0. The number of amides is 1. The standard InChI is InChI=1S/C33H42F4N2O3/c1-22(2)15-25-12-11-23(18-29(25)41-7)9-8-10-28(30(40)39-13-14-42-21-31(39,3)4)38-20-24-16-26(32(5,34)35)19-27(17-24)33(6,36)37/h10-12,16-20,22H,8-9,13-15,21H2,1-7H3/b28-10+,38-20+. The lowest BCUT2D eigenvalue weighted by Crippen LogP contribution is -2.55. The van der Waals surface area contributed by atoms with E-state index in [4.69, 9.17) is 9.47 Å². The molecular formula is C33H42F4N2O3. The van der Waals surface area contributed by atoms with Crippen molar-refractivity contribution in [2.24, 2.45) is 10.9 Å². The SMILES string of the molecule is COc1cc(CC/C=C(/N=C/c2cc(C(C)(F)F)cc(C(C)(F)F)c2)C(=O)N2CCOCC2(C)C)ccc1CC(C)C. The molecule has 0 aromatic heterocycles. The van der Waals surface area contributed by atoms with Crippen molar-refractivity contribution in [3.63, 3.8) is 0 Å². The Morgan fingerprint density at radius 1 is 1.10 bits per heavy atom. The van der Waals surface area contributed by atoms with Gasteiger partial charge in [-0.1, -0.05) is 32.1 Å². The van der Waals surface area contributed by atoms with Gasteiger partial charge >= 0.3 is 0 Å². The average molecular weight is 591 g/mol. The number of methoxy groups -OCH3 is 1. The molecule has 5 nitrogen and oxygen atoms in total. The van der Waals surface area contributed by atoms with E-state index in [1.165, 1.54) is 6.21 Å². The van der Waals surface area contributed by atoms with Crippen molar-refractivity contribution in [1.82, 2.24) is 4.90 Å². The van der Waals surface area contributed by atoms with Crippen molar-refractivity contribution < 1.29 is 31.8 Å². The molecule has 1 amide bonds. The number of halogens is 4. The van der Waals surface area contributed by atoms with Crippen LogP contribution in [0.15, 0.2) is 53.2 Å². The highest BCUT2D eigenvalue weighted by Crippen LogP contribution is 2.34. The van der Waals surface area contributed by atoms with Gasteiger partial charge in [-0.2, -0.15) is 0 Å². The summed E-state index contributed by atoms with van der Waals surface area (Å²) in [6.45, 7) is 10.4. The molecule has 0 atom stereocenters. The van der Waals surface area contributed by atoms with Crippen molar-refractivity contribution >= 4 is 12.1 Å². The lowest BCUT2D eigenvalue weighted by Gasteiger charge is -2.42. The minimum absolute atomic E-state index is 0.0518. The second kappa shape index (κ2) is 13.4. The summed E-state index contributed by atoms with van der Waals surface area (Å²) >= 11 is 0. The largest absolute Gasteiger partial charge is 0.496 e.